The van der Waals surface area contributed by atoms with Crippen molar-refractivity contribution < 1.29 is 9.53 Å². The molecule has 0 unspecified atom stereocenters. The fourth-order valence-corrected chi connectivity index (χ4v) is 1.87. The average molecular weight is 277 g/mol. The summed E-state index contributed by atoms with van der Waals surface area (Å²) in [5.74, 6) is -0.162. The first-order valence-electron chi connectivity index (χ1n) is 7.45. The van der Waals surface area contributed by atoms with E-state index >= 15 is 0 Å². The van der Waals surface area contributed by atoms with Gasteiger partial charge in [0.15, 0.2) is 0 Å². The quantitative estimate of drug-likeness (QED) is 0.760. The monoisotopic (exact) mass is 277 g/mol. The van der Waals surface area contributed by atoms with E-state index in [-0.39, 0.29) is 5.97 Å². The highest BCUT2D eigenvalue weighted by Gasteiger charge is 2.15. The molecule has 0 atom stereocenters. The van der Waals surface area contributed by atoms with Gasteiger partial charge in [-0.05, 0) is 51.3 Å². The molecule has 0 saturated carbocycles. The molecule has 0 bridgehead atoms. The Morgan fingerprint density at radius 2 is 1.85 bits per heavy atom. The Morgan fingerprint density at radius 1 is 1.20 bits per heavy atom. The fraction of sp³-hybridized carbons (Fsp3) is 0.588. The molecule has 3 nitrogen and oxygen atoms in total. The van der Waals surface area contributed by atoms with Crippen LogP contribution in [0.3, 0.4) is 0 Å². The van der Waals surface area contributed by atoms with Gasteiger partial charge in [-0.1, -0.05) is 25.5 Å². The summed E-state index contributed by atoms with van der Waals surface area (Å²) in [7, 11) is 0. The number of hydrogen-bond acceptors (Lipinski definition) is 3. The summed E-state index contributed by atoms with van der Waals surface area (Å²) in [5, 5.41) is 3.24. The lowest BCUT2D eigenvalue weighted by Crippen LogP contribution is -2.25. The number of nitrogens with one attached hydrogen (secondary N) is 1. The van der Waals surface area contributed by atoms with Gasteiger partial charge >= 0.3 is 5.97 Å². The van der Waals surface area contributed by atoms with Crippen LogP contribution in [0.15, 0.2) is 24.3 Å². The van der Waals surface area contributed by atoms with Gasteiger partial charge in [-0.25, -0.2) is 0 Å². The Hall–Kier alpha value is -1.51. The molecule has 1 aromatic rings. The SMILES string of the molecule is CCCCc1ccc(NCCC(=O)OC(C)(C)C)cc1. The highest BCUT2D eigenvalue weighted by Crippen LogP contribution is 2.12. The molecule has 0 aromatic heterocycles. The van der Waals surface area contributed by atoms with Crippen LogP contribution in [0.2, 0.25) is 0 Å². The van der Waals surface area contributed by atoms with Crippen LogP contribution >= 0.6 is 0 Å². The molecule has 20 heavy (non-hydrogen) atoms. The summed E-state index contributed by atoms with van der Waals surface area (Å²) in [5.41, 5.74) is 2.01. The first-order chi connectivity index (χ1) is 9.40. The van der Waals surface area contributed by atoms with Gasteiger partial charge < -0.3 is 10.1 Å². The Labute approximate surface area is 122 Å². The van der Waals surface area contributed by atoms with Gasteiger partial charge in [-0.15, -0.1) is 0 Å². The van der Waals surface area contributed by atoms with E-state index in [4.69, 9.17) is 4.74 Å². The number of unbranched alkanes of at least 4 members (excludes halogenated alkanes) is 1. The van der Waals surface area contributed by atoms with Gasteiger partial charge in [0.2, 0.25) is 0 Å². The molecule has 1 rings (SSSR count). The normalized spacial score (nSPS) is 11.2. The molecule has 1 N–H and O–H groups in total. The molecule has 0 radical (unpaired) electrons. The van der Waals surface area contributed by atoms with Crippen LogP contribution < -0.4 is 5.32 Å². The maximum absolute atomic E-state index is 11.6. The number of carbonyl (C=O) groups is 1. The van der Waals surface area contributed by atoms with Crippen LogP contribution in [0.5, 0.6) is 0 Å². The molecular weight excluding hydrogens is 250 g/mol. The maximum Gasteiger partial charge on any atom is 0.308 e. The maximum atomic E-state index is 11.6. The van der Waals surface area contributed by atoms with E-state index in [0.717, 1.165) is 12.1 Å². The number of benzene rings is 1. The lowest BCUT2D eigenvalue weighted by atomic mass is 10.1. The predicted molar refractivity (Wildman–Crippen MR) is 84.0 cm³/mol. The minimum absolute atomic E-state index is 0.162. The highest BCUT2D eigenvalue weighted by molar-refractivity contribution is 5.70. The number of aryl methyl sites for hydroxylation is 1. The van der Waals surface area contributed by atoms with Crippen molar-refractivity contribution in [3.05, 3.63) is 29.8 Å². The molecule has 112 valence electrons. The number of ether oxygens (including phenoxy) is 1. The second-order valence-electron chi connectivity index (χ2n) is 6.06. The molecule has 0 heterocycles. The number of esters is 1. The van der Waals surface area contributed by atoms with Crippen molar-refractivity contribution in [3.63, 3.8) is 0 Å². The summed E-state index contributed by atoms with van der Waals surface area (Å²) in [4.78, 5) is 11.6. The van der Waals surface area contributed by atoms with Crippen molar-refractivity contribution in [2.24, 2.45) is 0 Å². The minimum Gasteiger partial charge on any atom is -0.460 e. The zero-order valence-electron chi connectivity index (χ0n) is 13.2. The third kappa shape index (κ3) is 7.17. The summed E-state index contributed by atoms with van der Waals surface area (Å²) in [6.07, 6.45) is 3.96. The summed E-state index contributed by atoms with van der Waals surface area (Å²) in [6, 6.07) is 8.43. The van der Waals surface area contributed by atoms with Gasteiger partial charge in [0.1, 0.15) is 5.60 Å². The van der Waals surface area contributed by atoms with E-state index in [9.17, 15) is 4.79 Å². The topological polar surface area (TPSA) is 38.3 Å². The molecule has 0 aliphatic heterocycles. The molecule has 0 fully saturated rings. The predicted octanol–water partition coefficient (Wildman–Crippen LogP) is 4.17. The van der Waals surface area contributed by atoms with E-state index in [2.05, 4.69) is 36.5 Å². The van der Waals surface area contributed by atoms with Crippen molar-refractivity contribution in [2.45, 2.75) is 59.0 Å². The Balaban J connectivity index is 2.30. The van der Waals surface area contributed by atoms with Crippen LogP contribution in [-0.4, -0.2) is 18.1 Å². The molecule has 0 saturated heterocycles. The molecule has 0 aliphatic carbocycles. The molecule has 3 heteroatoms. The molecule has 1 aromatic carbocycles. The Morgan fingerprint density at radius 3 is 2.40 bits per heavy atom. The third-order valence-electron chi connectivity index (χ3n) is 2.85. The number of carbonyl (C=O) groups excluding carboxylic acids is 1. The zero-order valence-corrected chi connectivity index (χ0v) is 13.2. The smallest absolute Gasteiger partial charge is 0.308 e. The van der Waals surface area contributed by atoms with E-state index in [1.165, 1.54) is 18.4 Å². The minimum atomic E-state index is -0.405. The van der Waals surface area contributed by atoms with Crippen molar-refractivity contribution in [3.8, 4) is 0 Å². The summed E-state index contributed by atoms with van der Waals surface area (Å²) >= 11 is 0. The van der Waals surface area contributed by atoms with Gasteiger partial charge in [-0.2, -0.15) is 0 Å². The number of anilines is 1. The summed E-state index contributed by atoms with van der Waals surface area (Å²) in [6.45, 7) is 8.45. The van der Waals surface area contributed by atoms with Crippen molar-refractivity contribution in [2.75, 3.05) is 11.9 Å². The highest BCUT2D eigenvalue weighted by atomic mass is 16.6. The van der Waals surface area contributed by atoms with E-state index in [1.807, 2.05) is 20.8 Å². The molecule has 0 aliphatic rings. The van der Waals surface area contributed by atoms with Crippen LogP contribution in [0.1, 0.15) is 52.5 Å². The largest absolute Gasteiger partial charge is 0.460 e. The van der Waals surface area contributed by atoms with Crippen LogP contribution in [0.25, 0.3) is 0 Å². The number of hydrogen-bond donors (Lipinski definition) is 1. The van der Waals surface area contributed by atoms with Crippen LogP contribution in [0.4, 0.5) is 5.69 Å². The Bertz CT molecular complexity index is 404. The van der Waals surface area contributed by atoms with Gasteiger partial charge in [0.25, 0.3) is 0 Å². The van der Waals surface area contributed by atoms with Gasteiger partial charge in [-0.3, -0.25) is 4.79 Å². The van der Waals surface area contributed by atoms with Crippen molar-refractivity contribution in [1.82, 2.24) is 0 Å². The Kier molecular flexibility index (Phi) is 6.56. The second-order valence-corrected chi connectivity index (χ2v) is 6.06. The van der Waals surface area contributed by atoms with Crippen LogP contribution in [0, 0.1) is 0 Å². The van der Waals surface area contributed by atoms with Crippen molar-refractivity contribution >= 4 is 11.7 Å². The fourth-order valence-electron chi connectivity index (χ4n) is 1.87. The number of rotatable bonds is 7. The van der Waals surface area contributed by atoms with Gasteiger partial charge in [0.05, 0.1) is 6.42 Å². The van der Waals surface area contributed by atoms with Crippen LogP contribution in [-0.2, 0) is 16.0 Å². The molecule has 0 amide bonds. The van der Waals surface area contributed by atoms with E-state index in [0.29, 0.717) is 13.0 Å². The van der Waals surface area contributed by atoms with Crippen molar-refractivity contribution in [1.29, 1.82) is 0 Å². The second kappa shape index (κ2) is 7.93. The molecular formula is C17H27NO2. The standard InChI is InChI=1S/C17H27NO2/c1-5-6-7-14-8-10-15(11-9-14)18-13-12-16(19)20-17(2,3)4/h8-11,18H,5-7,12-13H2,1-4H3. The molecule has 0 spiro atoms. The first kappa shape index (κ1) is 16.5. The van der Waals surface area contributed by atoms with E-state index < -0.39 is 5.60 Å². The van der Waals surface area contributed by atoms with E-state index in [1.54, 1.807) is 0 Å². The average Bonchev–Trinajstić information content (AvgIpc) is 2.35. The zero-order chi connectivity index (χ0) is 15.0. The third-order valence-corrected chi connectivity index (χ3v) is 2.85. The summed E-state index contributed by atoms with van der Waals surface area (Å²) < 4.78 is 5.26. The lowest BCUT2D eigenvalue weighted by molar-refractivity contribution is -0.154. The lowest BCUT2D eigenvalue weighted by Gasteiger charge is -2.19. The first-order valence-corrected chi connectivity index (χ1v) is 7.45. The van der Waals surface area contributed by atoms with Gasteiger partial charge in [0, 0.05) is 12.2 Å².